The first-order chi connectivity index (χ1) is 18.4. The first kappa shape index (κ1) is 26.0. The fraction of sp³-hybridized carbons (Fsp3) is 0.357. The molecule has 0 N–H and O–H groups in total. The SMILES string of the molecule is CCOc1ccccc1N1CCN(S(=O)(=O)c2nn(C)cc2C(=O)N2CC=C(c3ccccc3)CC2)CC1. The first-order valence-corrected chi connectivity index (χ1v) is 14.4. The van der Waals surface area contributed by atoms with Crippen LogP contribution in [0.5, 0.6) is 5.75 Å². The van der Waals surface area contributed by atoms with Crippen molar-refractivity contribution in [2.45, 2.75) is 18.4 Å². The largest absolute Gasteiger partial charge is 0.492 e. The molecule has 10 heteroatoms. The van der Waals surface area contributed by atoms with Gasteiger partial charge in [-0.3, -0.25) is 9.48 Å². The number of carbonyl (C=O) groups is 1. The molecular weight excluding hydrogens is 502 g/mol. The third kappa shape index (κ3) is 5.19. The Kier molecular flexibility index (Phi) is 7.53. The molecule has 0 aliphatic carbocycles. The van der Waals surface area contributed by atoms with E-state index in [0.717, 1.165) is 17.0 Å². The monoisotopic (exact) mass is 535 g/mol. The minimum Gasteiger partial charge on any atom is -0.492 e. The summed E-state index contributed by atoms with van der Waals surface area (Å²) in [5.41, 5.74) is 3.41. The van der Waals surface area contributed by atoms with Crippen molar-refractivity contribution in [3.05, 3.63) is 78.0 Å². The Hall–Kier alpha value is -3.63. The van der Waals surface area contributed by atoms with Crippen LogP contribution < -0.4 is 9.64 Å². The van der Waals surface area contributed by atoms with Crippen molar-refractivity contribution in [1.82, 2.24) is 19.0 Å². The van der Waals surface area contributed by atoms with E-state index in [1.165, 1.54) is 20.8 Å². The van der Waals surface area contributed by atoms with Crippen LogP contribution in [0.2, 0.25) is 0 Å². The number of anilines is 1. The number of ether oxygens (including phenoxy) is 1. The zero-order valence-corrected chi connectivity index (χ0v) is 22.6. The molecule has 200 valence electrons. The van der Waals surface area contributed by atoms with Crippen LogP contribution in [-0.4, -0.2) is 79.2 Å². The standard InChI is InChI=1S/C28H33N5O4S/c1-3-37-26-12-8-7-11-25(26)31-17-19-33(20-18-31)38(35,36)27-24(21-30(2)29-27)28(34)32-15-13-23(14-16-32)22-9-5-4-6-10-22/h4-13,21H,3,14-20H2,1-2H3. The minimum atomic E-state index is -3.95. The Bertz CT molecular complexity index is 1430. The van der Waals surface area contributed by atoms with Crippen molar-refractivity contribution in [3.8, 4) is 5.75 Å². The smallest absolute Gasteiger partial charge is 0.263 e. The molecule has 0 radical (unpaired) electrons. The summed E-state index contributed by atoms with van der Waals surface area (Å²) in [5, 5.41) is 4.07. The van der Waals surface area contributed by atoms with Gasteiger partial charge in [-0.25, -0.2) is 8.42 Å². The van der Waals surface area contributed by atoms with Crippen LogP contribution in [0.1, 0.15) is 29.3 Å². The Morgan fingerprint density at radius 1 is 0.974 bits per heavy atom. The van der Waals surface area contributed by atoms with Gasteiger partial charge in [-0.15, -0.1) is 0 Å². The summed E-state index contributed by atoms with van der Waals surface area (Å²) in [6, 6.07) is 17.9. The molecule has 9 nitrogen and oxygen atoms in total. The summed E-state index contributed by atoms with van der Waals surface area (Å²) in [4.78, 5) is 17.3. The van der Waals surface area contributed by atoms with Crippen molar-refractivity contribution in [3.63, 3.8) is 0 Å². The third-order valence-electron chi connectivity index (χ3n) is 6.99. The molecule has 1 fully saturated rings. The zero-order valence-electron chi connectivity index (χ0n) is 21.8. The second-order valence-electron chi connectivity index (χ2n) is 9.41. The van der Waals surface area contributed by atoms with Gasteiger partial charge in [0.05, 0.1) is 17.9 Å². The van der Waals surface area contributed by atoms with E-state index in [1.807, 2.05) is 55.5 Å². The van der Waals surface area contributed by atoms with Crippen LogP contribution >= 0.6 is 0 Å². The molecular formula is C28H33N5O4S. The highest BCUT2D eigenvalue weighted by Crippen LogP contribution is 2.30. The molecule has 3 aromatic rings. The minimum absolute atomic E-state index is 0.119. The van der Waals surface area contributed by atoms with Crippen LogP contribution in [0.15, 0.2) is 71.9 Å². The molecule has 0 atom stereocenters. The number of rotatable bonds is 7. The molecule has 0 spiro atoms. The molecule has 0 saturated carbocycles. The highest BCUT2D eigenvalue weighted by atomic mass is 32.2. The number of aryl methyl sites for hydroxylation is 1. The fourth-order valence-corrected chi connectivity index (χ4v) is 6.57. The van der Waals surface area contributed by atoms with Gasteiger partial charge in [-0.05, 0) is 36.6 Å². The van der Waals surface area contributed by atoms with Gasteiger partial charge in [-0.2, -0.15) is 9.40 Å². The van der Waals surface area contributed by atoms with E-state index in [9.17, 15) is 13.2 Å². The average molecular weight is 536 g/mol. The molecule has 1 aromatic heterocycles. The summed E-state index contributed by atoms with van der Waals surface area (Å²) < 4.78 is 36.0. The Balaban J connectivity index is 1.30. The fourth-order valence-electron chi connectivity index (χ4n) is 5.03. The van der Waals surface area contributed by atoms with Gasteiger partial charge in [0, 0.05) is 52.5 Å². The maximum absolute atomic E-state index is 13.7. The van der Waals surface area contributed by atoms with Crippen LogP contribution in [0.3, 0.4) is 0 Å². The van der Waals surface area contributed by atoms with E-state index in [-0.39, 0.29) is 16.5 Å². The highest BCUT2D eigenvalue weighted by molar-refractivity contribution is 7.89. The van der Waals surface area contributed by atoms with Gasteiger partial charge in [0.1, 0.15) is 5.75 Å². The first-order valence-electron chi connectivity index (χ1n) is 12.9. The van der Waals surface area contributed by atoms with Gasteiger partial charge < -0.3 is 14.5 Å². The molecule has 1 amide bonds. The molecule has 5 rings (SSSR count). The van der Waals surface area contributed by atoms with E-state index in [1.54, 1.807) is 11.9 Å². The molecule has 1 saturated heterocycles. The maximum Gasteiger partial charge on any atom is 0.263 e. The number of hydrogen-bond acceptors (Lipinski definition) is 6. The van der Waals surface area contributed by atoms with Crippen LogP contribution in [0.25, 0.3) is 5.57 Å². The summed E-state index contributed by atoms with van der Waals surface area (Å²) in [6.07, 6.45) is 4.27. The normalized spacial score (nSPS) is 16.8. The maximum atomic E-state index is 13.7. The second kappa shape index (κ2) is 11.0. The Morgan fingerprint density at radius 2 is 1.68 bits per heavy atom. The number of piperazine rings is 1. The number of sulfonamides is 1. The summed E-state index contributed by atoms with van der Waals surface area (Å²) >= 11 is 0. The molecule has 2 aliphatic rings. The van der Waals surface area contributed by atoms with Gasteiger partial charge in [-0.1, -0.05) is 48.5 Å². The van der Waals surface area contributed by atoms with Gasteiger partial charge in [0.15, 0.2) is 0 Å². The molecule has 0 bridgehead atoms. The predicted octanol–water partition coefficient (Wildman–Crippen LogP) is 3.26. The Labute approximate surface area is 224 Å². The predicted molar refractivity (Wildman–Crippen MR) is 147 cm³/mol. The quantitative estimate of drug-likeness (QED) is 0.462. The van der Waals surface area contributed by atoms with Crippen LogP contribution in [-0.2, 0) is 17.1 Å². The van der Waals surface area contributed by atoms with Crippen molar-refractivity contribution in [2.75, 3.05) is 50.8 Å². The van der Waals surface area contributed by atoms with Crippen molar-refractivity contribution in [1.29, 1.82) is 0 Å². The lowest BCUT2D eigenvalue weighted by Crippen LogP contribution is -2.49. The number of hydrogen-bond donors (Lipinski definition) is 0. The van der Waals surface area contributed by atoms with Crippen LogP contribution in [0, 0.1) is 0 Å². The highest BCUT2D eigenvalue weighted by Gasteiger charge is 2.36. The van der Waals surface area contributed by atoms with E-state index in [0.29, 0.717) is 52.3 Å². The lowest BCUT2D eigenvalue weighted by atomic mass is 9.99. The summed E-state index contributed by atoms with van der Waals surface area (Å²) in [6.45, 7) is 5.05. The number of carbonyl (C=O) groups excluding carboxylic acids is 1. The summed E-state index contributed by atoms with van der Waals surface area (Å²) in [5.74, 6) is 0.472. The van der Waals surface area contributed by atoms with Crippen molar-refractivity contribution < 1.29 is 17.9 Å². The summed E-state index contributed by atoms with van der Waals surface area (Å²) in [7, 11) is -2.31. The average Bonchev–Trinajstić information content (AvgIpc) is 3.36. The van der Waals surface area contributed by atoms with E-state index < -0.39 is 10.0 Å². The zero-order chi connectivity index (χ0) is 26.7. The molecule has 3 heterocycles. The third-order valence-corrected chi connectivity index (χ3v) is 8.83. The van der Waals surface area contributed by atoms with Gasteiger partial charge in [0.25, 0.3) is 15.9 Å². The molecule has 2 aliphatic heterocycles. The van der Waals surface area contributed by atoms with Crippen LogP contribution in [0.4, 0.5) is 5.69 Å². The molecule has 2 aromatic carbocycles. The van der Waals surface area contributed by atoms with Gasteiger partial charge in [0.2, 0.25) is 5.03 Å². The lowest BCUT2D eigenvalue weighted by Gasteiger charge is -2.35. The van der Waals surface area contributed by atoms with E-state index in [2.05, 4.69) is 22.1 Å². The van der Waals surface area contributed by atoms with Gasteiger partial charge >= 0.3 is 0 Å². The topological polar surface area (TPSA) is 88.0 Å². The number of aromatic nitrogens is 2. The second-order valence-corrected chi connectivity index (χ2v) is 11.3. The van der Waals surface area contributed by atoms with Crippen molar-refractivity contribution >= 4 is 27.2 Å². The van der Waals surface area contributed by atoms with Crippen molar-refractivity contribution in [2.24, 2.45) is 7.05 Å². The number of amides is 1. The number of para-hydroxylation sites is 2. The molecule has 0 unspecified atom stereocenters. The van der Waals surface area contributed by atoms with E-state index in [4.69, 9.17) is 4.74 Å². The molecule has 38 heavy (non-hydrogen) atoms. The Morgan fingerprint density at radius 3 is 2.37 bits per heavy atom. The van der Waals surface area contributed by atoms with E-state index >= 15 is 0 Å². The number of nitrogens with zero attached hydrogens (tertiary/aromatic N) is 5. The lowest BCUT2D eigenvalue weighted by molar-refractivity contribution is 0.0768. The number of benzene rings is 2.